The van der Waals surface area contributed by atoms with Gasteiger partial charge in [0.15, 0.2) is 5.82 Å². The molecule has 0 atom stereocenters. The van der Waals surface area contributed by atoms with Crippen LogP contribution >= 0.6 is 23.1 Å². The van der Waals surface area contributed by atoms with E-state index in [1.807, 2.05) is 47.4 Å². The number of nitrogens with zero attached hydrogens (tertiary/aromatic N) is 2. The molecule has 9 aromatic rings. The van der Waals surface area contributed by atoms with Crippen LogP contribution in [0.3, 0.4) is 0 Å². The van der Waals surface area contributed by atoms with E-state index in [9.17, 15) is 0 Å². The van der Waals surface area contributed by atoms with E-state index in [0.717, 1.165) is 33.9 Å². The normalized spacial score (nSPS) is 13.6. The van der Waals surface area contributed by atoms with Gasteiger partial charge in [0, 0.05) is 46.7 Å². The van der Waals surface area contributed by atoms with Crippen molar-refractivity contribution < 1.29 is 0 Å². The first kappa shape index (κ1) is 29.0. The lowest BCUT2D eigenvalue weighted by molar-refractivity contribution is 0.726. The van der Waals surface area contributed by atoms with E-state index < -0.39 is 0 Å². The average Bonchev–Trinajstić information content (AvgIpc) is 3.73. The average molecular weight is 685 g/mol. The third-order valence-electron chi connectivity index (χ3n) is 10.6. The van der Waals surface area contributed by atoms with Crippen LogP contribution in [-0.4, -0.2) is 9.97 Å². The number of hydrogen-bond acceptors (Lipinski definition) is 4. The Kier molecular flexibility index (Phi) is 6.30. The maximum Gasteiger partial charge on any atom is 0.160 e. The fraction of sp³-hybridized carbons (Fsp3) is 0.0213. The molecule has 0 amide bonds. The summed E-state index contributed by atoms with van der Waals surface area (Å²) < 4.78 is 2.59. The molecular weight excluding hydrogens is 657 g/mol. The van der Waals surface area contributed by atoms with Crippen molar-refractivity contribution in [1.29, 1.82) is 0 Å². The van der Waals surface area contributed by atoms with Crippen LogP contribution in [0.4, 0.5) is 0 Å². The molecule has 2 aliphatic rings. The predicted molar refractivity (Wildman–Crippen MR) is 213 cm³/mol. The van der Waals surface area contributed by atoms with Crippen molar-refractivity contribution in [2.75, 3.05) is 0 Å². The van der Waals surface area contributed by atoms with Crippen LogP contribution in [-0.2, 0) is 5.41 Å². The van der Waals surface area contributed by atoms with Gasteiger partial charge in [0.2, 0.25) is 0 Å². The first-order valence-corrected chi connectivity index (χ1v) is 18.9. The number of hydrogen-bond donors (Lipinski definition) is 0. The smallest absolute Gasteiger partial charge is 0.160 e. The lowest BCUT2D eigenvalue weighted by atomic mass is 9.67. The van der Waals surface area contributed by atoms with Gasteiger partial charge in [0.1, 0.15) is 0 Å². The van der Waals surface area contributed by atoms with Crippen molar-refractivity contribution >= 4 is 43.3 Å². The molecule has 2 aromatic heterocycles. The fourth-order valence-electron chi connectivity index (χ4n) is 8.47. The van der Waals surface area contributed by atoms with Crippen LogP contribution in [0.25, 0.3) is 65.2 Å². The van der Waals surface area contributed by atoms with Crippen LogP contribution in [0.1, 0.15) is 22.3 Å². The standard InChI is InChI=1S/C47H28N2S2/c1-3-14-29(15-4-1)39-28-40(49-46(48-39)30-16-5-2-6-17-30)33-20-13-25-42-43(33)34-26-27-38-45(44(34)51-42)50-41-24-12-11-23-37(41)47(38)35-21-9-7-18-31(35)32-19-8-10-22-36(32)47/h1-28H. The second-order valence-corrected chi connectivity index (χ2v) is 15.3. The van der Waals surface area contributed by atoms with Gasteiger partial charge < -0.3 is 0 Å². The van der Waals surface area contributed by atoms with Crippen molar-refractivity contribution in [3.8, 4) is 45.0 Å². The molecule has 2 nitrogen and oxygen atoms in total. The summed E-state index contributed by atoms with van der Waals surface area (Å²) in [5.41, 5.74) is 12.8. The third kappa shape index (κ3) is 4.12. The van der Waals surface area contributed by atoms with E-state index in [4.69, 9.17) is 9.97 Å². The van der Waals surface area contributed by atoms with Crippen LogP contribution in [0, 0.1) is 0 Å². The Hall–Kier alpha value is -5.81. The number of rotatable bonds is 3. The summed E-state index contributed by atoms with van der Waals surface area (Å²) >= 11 is 3.82. The Labute approximate surface area is 304 Å². The molecule has 1 aliphatic carbocycles. The minimum atomic E-state index is -0.390. The Morgan fingerprint density at radius 3 is 1.80 bits per heavy atom. The predicted octanol–water partition coefficient (Wildman–Crippen LogP) is 12.7. The summed E-state index contributed by atoms with van der Waals surface area (Å²) in [5.74, 6) is 0.730. The summed E-state index contributed by atoms with van der Waals surface area (Å²) in [6.45, 7) is 0. The SMILES string of the molecule is c1ccc(-c2cc(-c3cccc4sc5c6c(ccc5c34)C3(c4ccccc4S6)c4ccccc4-c4ccccc43)nc(-c3ccccc3)n2)cc1. The summed E-state index contributed by atoms with van der Waals surface area (Å²) in [6.07, 6.45) is 0. The van der Waals surface area contributed by atoms with Crippen molar-refractivity contribution in [3.63, 3.8) is 0 Å². The first-order chi connectivity index (χ1) is 25.3. The van der Waals surface area contributed by atoms with E-state index in [1.165, 1.54) is 63.3 Å². The van der Waals surface area contributed by atoms with E-state index in [2.05, 4.69) is 146 Å². The Bertz CT molecular complexity index is 2730. The van der Waals surface area contributed by atoms with Gasteiger partial charge >= 0.3 is 0 Å². The van der Waals surface area contributed by atoms with Gasteiger partial charge in [-0.25, -0.2) is 9.97 Å². The zero-order valence-corrected chi connectivity index (χ0v) is 29.0. The maximum atomic E-state index is 5.25. The topological polar surface area (TPSA) is 25.8 Å². The zero-order valence-electron chi connectivity index (χ0n) is 27.4. The molecule has 0 saturated heterocycles. The van der Waals surface area contributed by atoms with Crippen LogP contribution in [0.5, 0.6) is 0 Å². The van der Waals surface area contributed by atoms with Gasteiger partial charge in [0.05, 0.1) is 16.8 Å². The number of benzene rings is 7. The molecule has 238 valence electrons. The minimum Gasteiger partial charge on any atom is -0.228 e. The lowest BCUT2D eigenvalue weighted by Gasteiger charge is -2.39. The number of thiophene rings is 1. The molecule has 0 unspecified atom stereocenters. The van der Waals surface area contributed by atoms with Gasteiger partial charge in [0.25, 0.3) is 0 Å². The quantitative estimate of drug-likeness (QED) is 0.185. The molecule has 4 heteroatoms. The van der Waals surface area contributed by atoms with Crippen molar-refractivity contribution in [2.24, 2.45) is 0 Å². The molecule has 1 spiro atoms. The zero-order chi connectivity index (χ0) is 33.5. The van der Waals surface area contributed by atoms with Gasteiger partial charge in [-0.3, -0.25) is 0 Å². The highest BCUT2D eigenvalue weighted by molar-refractivity contribution is 8.00. The highest BCUT2D eigenvalue weighted by atomic mass is 32.2. The molecule has 11 rings (SSSR count). The second kappa shape index (κ2) is 11.1. The van der Waals surface area contributed by atoms with E-state index >= 15 is 0 Å². The van der Waals surface area contributed by atoms with Gasteiger partial charge in [-0.05, 0) is 51.6 Å². The van der Waals surface area contributed by atoms with Gasteiger partial charge in [-0.2, -0.15) is 0 Å². The molecular formula is C47H28N2S2. The molecule has 0 saturated carbocycles. The minimum absolute atomic E-state index is 0.390. The van der Waals surface area contributed by atoms with Gasteiger partial charge in [-0.15, -0.1) is 11.3 Å². The molecule has 0 fully saturated rings. The third-order valence-corrected chi connectivity index (χ3v) is 13.1. The Morgan fingerprint density at radius 2 is 1.06 bits per heavy atom. The number of fused-ring (bicyclic) bond motifs is 13. The largest absolute Gasteiger partial charge is 0.228 e. The van der Waals surface area contributed by atoms with Crippen LogP contribution in [0.15, 0.2) is 180 Å². The Balaban J connectivity index is 1.19. The van der Waals surface area contributed by atoms with Crippen LogP contribution < -0.4 is 0 Å². The van der Waals surface area contributed by atoms with E-state index in [0.29, 0.717) is 0 Å². The lowest BCUT2D eigenvalue weighted by Crippen LogP contribution is -2.31. The van der Waals surface area contributed by atoms with Crippen molar-refractivity contribution in [1.82, 2.24) is 9.97 Å². The highest BCUT2D eigenvalue weighted by Gasteiger charge is 2.50. The molecule has 3 heterocycles. The number of aromatic nitrogens is 2. The fourth-order valence-corrected chi connectivity index (χ4v) is 11.1. The van der Waals surface area contributed by atoms with Crippen molar-refractivity contribution in [3.05, 3.63) is 192 Å². The Morgan fingerprint density at radius 1 is 0.451 bits per heavy atom. The molecule has 0 N–H and O–H groups in total. The molecule has 0 radical (unpaired) electrons. The van der Waals surface area contributed by atoms with Crippen molar-refractivity contribution in [2.45, 2.75) is 15.2 Å². The summed E-state index contributed by atoms with van der Waals surface area (Å²) in [7, 11) is 0. The molecule has 1 aliphatic heterocycles. The molecule has 51 heavy (non-hydrogen) atoms. The van der Waals surface area contributed by atoms with E-state index in [1.54, 1.807) is 0 Å². The maximum absolute atomic E-state index is 5.25. The molecule has 7 aromatic carbocycles. The summed E-state index contributed by atoms with van der Waals surface area (Å²) in [5, 5.41) is 2.52. The van der Waals surface area contributed by atoms with Gasteiger partial charge in [-0.1, -0.05) is 163 Å². The summed E-state index contributed by atoms with van der Waals surface area (Å²) in [4.78, 5) is 13.0. The van der Waals surface area contributed by atoms with Crippen LogP contribution in [0.2, 0.25) is 0 Å². The van der Waals surface area contributed by atoms with E-state index in [-0.39, 0.29) is 5.41 Å². The molecule has 0 bridgehead atoms. The first-order valence-electron chi connectivity index (χ1n) is 17.2. The second-order valence-electron chi connectivity index (χ2n) is 13.2. The highest BCUT2D eigenvalue weighted by Crippen LogP contribution is 2.63. The monoisotopic (exact) mass is 684 g/mol. The summed E-state index contributed by atoms with van der Waals surface area (Å²) in [6, 6.07) is 61.5.